The van der Waals surface area contributed by atoms with Crippen LogP contribution in [-0.2, 0) is 48.2 Å². The van der Waals surface area contributed by atoms with E-state index in [-0.39, 0.29) is 59.4 Å². The Morgan fingerprint density at radius 1 is 0.703 bits per heavy atom. The van der Waals surface area contributed by atoms with Gasteiger partial charge < -0.3 is 37.6 Å². The summed E-state index contributed by atoms with van der Waals surface area (Å²) in [6.45, 7) is 15.6. The van der Waals surface area contributed by atoms with E-state index < -0.39 is 49.0 Å². The fourth-order valence-corrected chi connectivity index (χ4v) is 14.3. The monoisotopic (exact) mass is 1430 g/mol. The summed E-state index contributed by atoms with van der Waals surface area (Å²) in [5.41, 5.74) is 9.79. The molecule has 22 heteroatoms. The van der Waals surface area contributed by atoms with E-state index in [2.05, 4.69) is 51.0 Å². The van der Waals surface area contributed by atoms with Gasteiger partial charge in [-0.25, -0.2) is 29.1 Å². The molecule has 0 aliphatic rings. The Hall–Kier alpha value is -10.1. The minimum absolute atomic E-state index is 0.0135. The van der Waals surface area contributed by atoms with Crippen molar-refractivity contribution in [2.75, 3.05) is 34.0 Å². The molecule has 3 aromatic heterocycles. The molecule has 8 aromatic carbocycles. The van der Waals surface area contributed by atoms with E-state index in [0.717, 1.165) is 39.1 Å². The fourth-order valence-electron chi connectivity index (χ4n) is 11.0. The molecule has 11 aromatic rings. The van der Waals surface area contributed by atoms with Gasteiger partial charge in [0.2, 0.25) is 20.3 Å². The average molecular weight is 1430 g/mol. The van der Waals surface area contributed by atoms with Crippen LogP contribution in [0.2, 0.25) is 23.2 Å². The van der Waals surface area contributed by atoms with Crippen LogP contribution in [0.1, 0.15) is 61.2 Å². The number of aromatic nitrogens is 4. The highest BCUT2D eigenvalue weighted by Gasteiger charge is 2.39. The van der Waals surface area contributed by atoms with Gasteiger partial charge in [0.15, 0.2) is 5.82 Å². The highest BCUT2D eigenvalue weighted by atomic mass is 35.5. The van der Waals surface area contributed by atoms with Crippen LogP contribution in [0, 0.1) is 31.0 Å². The van der Waals surface area contributed by atoms with Gasteiger partial charge in [0.25, 0.3) is 10.1 Å². The third kappa shape index (κ3) is 17.1. The van der Waals surface area contributed by atoms with Gasteiger partial charge >= 0.3 is 5.97 Å². The Morgan fingerprint density at radius 2 is 1.38 bits per heavy atom. The number of aryl methyl sites for hydroxylation is 1. The Kier molecular flexibility index (Phi) is 22.6. The lowest BCUT2D eigenvalue weighted by molar-refractivity contribution is -0.151. The van der Waals surface area contributed by atoms with Crippen molar-refractivity contribution in [3.63, 3.8) is 0 Å². The molecule has 0 spiro atoms. The lowest BCUT2D eigenvalue weighted by atomic mass is 9.94. The van der Waals surface area contributed by atoms with E-state index in [1.54, 1.807) is 94.1 Å². The number of carbonyl (C=O) groups is 1. The molecule has 0 bridgehead atoms. The first-order valence-corrected chi connectivity index (χ1v) is 38.1. The van der Waals surface area contributed by atoms with Crippen molar-refractivity contribution in [1.82, 2.24) is 19.9 Å². The number of fused-ring (bicyclic) bond motifs is 1. The van der Waals surface area contributed by atoms with Gasteiger partial charge in [-0.15, -0.1) is 11.3 Å². The number of nitriles is 1. The Labute approximate surface area is 597 Å². The second-order valence-electron chi connectivity index (χ2n) is 25.4. The van der Waals surface area contributed by atoms with Crippen molar-refractivity contribution in [2.24, 2.45) is 0 Å². The molecule has 0 saturated carbocycles. The molecule has 0 aliphatic carbocycles. The molecule has 2 atom stereocenters. The zero-order valence-corrected chi connectivity index (χ0v) is 60.9. The zero-order chi connectivity index (χ0) is 71.6. The number of nitrogens with zero attached hydrogens (tertiary/aromatic N) is 5. The van der Waals surface area contributed by atoms with Crippen LogP contribution in [0.4, 0.5) is 4.39 Å². The lowest BCUT2D eigenvalue weighted by Crippen LogP contribution is -2.43. The predicted molar refractivity (Wildman–Crippen MR) is 392 cm³/mol. The topological polar surface area (TPSA) is 210 Å². The molecule has 17 nitrogen and oxygen atoms in total. The second-order valence-corrected chi connectivity index (χ2v) is 33.1. The van der Waals surface area contributed by atoms with Gasteiger partial charge in [0.05, 0.1) is 66.7 Å². The standard InChI is InChI=1S/C79H75ClFN5O12S2Si/c1-11-93-78(87)70(42-57-40-62(98-101(9,10)79(4,5)6)32-36-68(57)94-45-59-38-39-83-75(86-59)66-15-13-12-14-55(66)43-82)97-76-72-71(74(99-77(72)85-48-84-76)53-20-26-58(81)27-21-53)65-35-37-69(73(80)50(65)3)96-63(47-95-100(88,89)64-33-16-49(2)17-34-64)46-92-44-56-19-18-54(51-22-28-60(90-7)29-23-51)41-67(56)52-24-30-61(91-8)31-25-52/h12-41,48,63,70H,11,42,44-47H2,1-10H3/t63-,70?/m1/s1. The largest absolute Gasteiger partial charge is 0.543 e. The summed E-state index contributed by atoms with van der Waals surface area (Å²) < 4.78 is 98.6. The number of ether oxygens (including phenoxy) is 7. The quantitative estimate of drug-likeness (QED) is 0.0254. The smallest absolute Gasteiger partial charge is 0.347 e. The molecule has 101 heavy (non-hydrogen) atoms. The summed E-state index contributed by atoms with van der Waals surface area (Å²) in [5.74, 6) is 1.83. The highest BCUT2D eigenvalue weighted by Crippen LogP contribution is 2.50. The maximum atomic E-state index is 14.8. The molecule has 0 radical (unpaired) electrons. The second kappa shape index (κ2) is 31.6. The maximum absolute atomic E-state index is 14.8. The van der Waals surface area contributed by atoms with Crippen LogP contribution in [-0.4, -0.2) is 88.9 Å². The number of thiophene rings is 1. The summed E-state index contributed by atoms with van der Waals surface area (Å²) in [5, 5.41) is 10.3. The van der Waals surface area contributed by atoms with Crippen LogP contribution in [0.5, 0.6) is 34.6 Å². The van der Waals surface area contributed by atoms with E-state index >= 15 is 0 Å². The number of carbonyl (C=O) groups excluding carboxylic acids is 1. The van der Waals surface area contributed by atoms with Gasteiger partial charge in [-0.05, 0) is 180 Å². The van der Waals surface area contributed by atoms with Crippen LogP contribution >= 0.6 is 22.9 Å². The first-order valence-electron chi connectivity index (χ1n) is 32.6. The van der Waals surface area contributed by atoms with Gasteiger partial charge in [-0.2, -0.15) is 13.7 Å². The average Bonchev–Trinajstić information content (AvgIpc) is 1.61. The third-order valence-electron chi connectivity index (χ3n) is 17.5. The number of halogens is 2. The zero-order valence-electron chi connectivity index (χ0n) is 57.5. The molecule has 0 saturated heterocycles. The maximum Gasteiger partial charge on any atom is 0.347 e. The summed E-state index contributed by atoms with van der Waals surface area (Å²) in [6.07, 6.45) is 0.451. The minimum atomic E-state index is -4.30. The Balaban J connectivity index is 0.943. The summed E-state index contributed by atoms with van der Waals surface area (Å²) in [4.78, 5) is 34.3. The van der Waals surface area contributed by atoms with Crippen molar-refractivity contribution in [1.29, 1.82) is 5.26 Å². The van der Waals surface area contributed by atoms with Gasteiger partial charge in [-0.1, -0.05) is 117 Å². The molecule has 0 amide bonds. The number of hydrogen-bond acceptors (Lipinski definition) is 18. The van der Waals surface area contributed by atoms with Crippen molar-refractivity contribution in [3.05, 3.63) is 233 Å². The molecule has 3 heterocycles. The van der Waals surface area contributed by atoms with Crippen molar-refractivity contribution >= 4 is 57.6 Å². The van der Waals surface area contributed by atoms with Gasteiger partial charge in [-0.3, -0.25) is 4.18 Å². The van der Waals surface area contributed by atoms with Gasteiger partial charge in [0.1, 0.15) is 65.0 Å². The van der Waals surface area contributed by atoms with E-state index in [1.807, 2.05) is 92.7 Å². The van der Waals surface area contributed by atoms with E-state index in [1.165, 1.54) is 41.9 Å². The molecule has 518 valence electrons. The van der Waals surface area contributed by atoms with Crippen molar-refractivity contribution in [3.8, 4) is 95.9 Å². The number of benzene rings is 8. The Morgan fingerprint density at radius 3 is 2.07 bits per heavy atom. The predicted octanol–water partition coefficient (Wildman–Crippen LogP) is 18.0. The summed E-state index contributed by atoms with van der Waals surface area (Å²) in [7, 11) is -3.48. The summed E-state index contributed by atoms with van der Waals surface area (Å²) >= 11 is 8.80. The molecule has 0 fully saturated rings. The first kappa shape index (κ1) is 72.2. The molecular formula is C79H75ClFN5O12S2Si. The number of hydrogen-bond donors (Lipinski definition) is 0. The third-order valence-corrected chi connectivity index (χ3v) is 24.8. The SMILES string of the molecule is CCOC(=O)C(Cc1cc(O[Si](C)(C)C(C)(C)C)ccc1OCc1ccnc(-c2ccccc2C#N)n1)Oc1ncnc2sc(-c3ccc(F)cc3)c(-c3ccc(O[C@H](COCc4ccc(-c5ccc(OC)cc5)cc4-c4ccc(OC)cc4)COS(=O)(=O)c4ccc(C)cc4)c(Cl)c3C)c12. The minimum Gasteiger partial charge on any atom is -0.543 e. The van der Waals surface area contributed by atoms with Crippen molar-refractivity contribution in [2.45, 2.75) is 96.4 Å². The fraction of sp³-hybridized carbons (Fsp3) is 0.241. The molecule has 0 N–H and O–H groups in total. The van der Waals surface area contributed by atoms with E-state index in [4.69, 9.17) is 68.3 Å². The molecule has 0 aliphatic heterocycles. The first-order chi connectivity index (χ1) is 48.5. The summed E-state index contributed by atoms with van der Waals surface area (Å²) in [6, 6.07) is 54.0. The molecule has 11 rings (SSSR count). The van der Waals surface area contributed by atoms with Crippen LogP contribution in [0.15, 0.2) is 193 Å². The van der Waals surface area contributed by atoms with E-state index in [9.17, 15) is 22.9 Å². The van der Waals surface area contributed by atoms with Crippen LogP contribution < -0.4 is 28.1 Å². The van der Waals surface area contributed by atoms with Crippen LogP contribution in [0.3, 0.4) is 0 Å². The lowest BCUT2D eigenvalue weighted by Gasteiger charge is -2.36. The Bertz CT molecular complexity index is 4940. The van der Waals surface area contributed by atoms with Crippen LogP contribution in [0.25, 0.3) is 65.4 Å². The van der Waals surface area contributed by atoms with E-state index in [0.29, 0.717) is 82.8 Å². The number of esters is 1. The highest BCUT2D eigenvalue weighted by molar-refractivity contribution is 7.86. The van der Waals surface area contributed by atoms with Crippen molar-refractivity contribution < 1.29 is 59.4 Å². The van der Waals surface area contributed by atoms with Gasteiger partial charge in [0, 0.05) is 34.2 Å². The normalized spacial score (nSPS) is 12.3. The number of methoxy groups -OCH3 is 2. The molecule has 1 unspecified atom stereocenters. The molecular weight excluding hydrogens is 1360 g/mol. The number of rotatable bonds is 28.